The number of nitrogens with zero attached hydrogens (tertiary/aromatic N) is 1. The molecule has 1 amide bonds. The van der Waals surface area contributed by atoms with Crippen LogP contribution >= 0.6 is 0 Å². The summed E-state index contributed by atoms with van der Waals surface area (Å²) in [7, 11) is 0. The van der Waals surface area contributed by atoms with Crippen molar-refractivity contribution in [3.8, 4) is 0 Å². The van der Waals surface area contributed by atoms with Crippen LogP contribution in [0.4, 0.5) is 4.39 Å². The summed E-state index contributed by atoms with van der Waals surface area (Å²) in [6.45, 7) is 6.50. The summed E-state index contributed by atoms with van der Waals surface area (Å²) in [5.41, 5.74) is -2.08. The van der Waals surface area contributed by atoms with Gasteiger partial charge < -0.3 is 10.4 Å². The summed E-state index contributed by atoms with van der Waals surface area (Å²) in [6.07, 6.45) is 2.32. The van der Waals surface area contributed by atoms with E-state index in [9.17, 15) is 14.3 Å². The molecule has 0 saturated carbocycles. The second kappa shape index (κ2) is 4.41. The highest BCUT2D eigenvalue weighted by Gasteiger charge is 2.36. The first-order valence-corrected chi connectivity index (χ1v) is 5.29. The van der Waals surface area contributed by atoms with Gasteiger partial charge in [-0.2, -0.15) is 0 Å². The third-order valence-corrected chi connectivity index (χ3v) is 2.97. The van der Waals surface area contributed by atoms with Crippen molar-refractivity contribution in [1.29, 1.82) is 0 Å². The minimum atomic E-state index is -1.12. The monoisotopic (exact) mass is 240 g/mol. The van der Waals surface area contributed by atoms with Crippen LogP contribution in [0.3, 0.4) is 0 Å². The third kappa shape index (κ3) is 3.00. The molecule has 1 rings (SSSR count). The zero-order valence-electron chi connectivity index (χ0n) is 10.4. The molecule has 2 N–H and O–H groups in total. The van der Waals surface area contributed by atoms with E-state index in [1.165, 1.54) is 12.3 Å². The van der Waals surface area contributed by atoms with Crippen molar-refractivity contribution in [2.75, 3.05) is 0 Å². The molecule has 0 fully saturated rings. The average molecular weight is 240 g/mol. The van der Waals surface area contributed by atoms with Crippen molar-refractivity contribution in [1.82, 2.24) is 10.3 Å². The lowest BCUT2D eigenvalue weighted by Crippen LogP contribution is -2.57. The maximum absolute atomic E-state index is 13.3. The second-order valence-corrected chi connectivity index (χ2v) is 4.99. The molecule has 0 atom stereocenters. The van der Waals surface area contributed by atoms with Crippen molar-refractivity contribution in [2.24, 2.45) is 0 Å². The van der Waals surface area contributed by atoms with E-state index >= 15 is 0 Å². The smallest absolute Gasteiger partial charge is 0.254 e. The summed E-state index contributed by atoms with van der Waals surface area (Å²) in [6, 6.07) is 1.30. The molecule has 0 radical (unpaired) electrons. The van der Waals surface area contributed by atoms with E-state index in [0.29, 0.717) is 0 Å². The van der Waals surface area contributed by atoms with Crippen LogP contribution in [0, 0.1) is 5.82 Å². The number of nitrogens with one attached hydrogen (secondary N) is 1. The van der Waals surface area contributed by atoms with Crippen molar-refractivity contribution in [3.05, 3.63) is 29.8 Å². The molecule has 0 unspecified atom stereocenters. The zero-order chi connectivity index (χ0) is 13.3. The van der Waals surface area contributed by atoms with Crippen LogP contribution in [0.15, 0.2) is 18.5 Å². The van der Waals surface area contributed by atoms with E-state index < -0.39 is 22.9 Å². The summed E-state index contributed by atoms with van der Waals surface area (Å²) >= 11 is 0. The van der Waals surface area contributed by atoms with Crippen LogP contribution in [0.5, 0.6) is 0 Å². The molecule has 94 valence electrons. The molecule has 1 heterocycles. The Labute approximate surface area is 99.9 Å². The number of hydrogen-bond donors (Lipinski definition) is 2. The Bertz CT molecular complexity index is 425. The van der Waals surface area contributed by atoms with Crippen LogP contribution in [-0.4, -0.2) is 27.1 Å². The van der Waals surface area contributed by atoms with Crippen LogP contribution < -0.4 is 5.32 Å². The number of aliphatic hydroxyl groups is 1. The second-order valence-electron chi connectivity index (χ2n) is 4.99. The molecule has 0 aliphatic rings. The van der Waals surface area contributed by atoms with Crippen LogP contribution in [0.2, 0.25) is 0 Å². The first-order valence-electron chi connectivity index (χ1n) is 5.29. The average Bonchev–Trinajstić information content (AvgIpc) is 2.15. The lowest BCUT2D eigenvalue weighted by Gasteiger charge is -2.38. The van der Waals surface area contributed by atoms with Crippen LogP contribution in [0.25, 0.3) is 0 Å². The molecule has 0 aromatic carbocycles. The van der Waals surface area contributed by atoms with Gasteiger partial charge in [-0.05, 0) is 33.8 Å². The SMILES string of the molecule is CC(C)(O)C(C)(C)NC(=O)c1ccncc1F. The summed E-state index contributed by atoms with van der Waals surface area (Å²) in [5.74, 6) is -1.26. The van der Waals surface area contributed by atoms with Crippen molar-refractivity contribution >= 4 is 5.91 Å². The van der Waals surface area contributed by atoms with E-state index in [1.54, 1.807) is 27.7 Å². The molecule has 5 heteroatoms. The minimum Gasteiger partial charge on any atom is -0.388 e. The van der Waals surface area contributed by atoms with E-state index in [-0.39, 0.29) is 5.56 Å². The Morgan fingerprint density at radius 3 is 2.47 bits per heavy atom. The molecule has 1 aromatic heterocycles. The van der Waals surface area contributed by atoms with Gasteiger partial charge in [0.05, 0.1) is 22.9 Å². The van der Waals surface area contributed by atoms with Gasteiger partial charge in [-0.25, -0.2) is 4.39 Å². The highest BCUT2D eigenvalue weighted by Crippen LogP contribution is 2.21. The topological polar surface area (TPSA) is 62.2 Å². The molecule has 0 spiro atoms. The quantitative estimate of drug-likeness (QED) is 0.841. The minimum absolute atomic E-state index is 0.0858. The van der Waals surface area contributed by atoms with Gasteiger partial charge in [-0.15, -0.1) is 0 Å². The number of carbonyl (C=O) groups excluding carboxylic acids is 1. The van der Waals surface area contributed by atoms with Gasteiger partial charge in [0, 0.05) is 6.20 Å². The van der Waals surface area contributed by atoms with E-state index in [4.69, 9.17) is 0 Å². The van der Waals surface area contributed by atoms with Gasteiger partial charge in [0.1, 0.15) is 0 Å². The molecule has 0 aliphatic carbocycles. The van der Waals surface area contributed by atoms with E-state index in [0.717, 1.165) is 6.20 Å². The van der Waals surface area contributed by atoms with Gasteiger partial charge >= 0.3 is 0 Å². The molecule has 1 aromatic rings. The Balaban J connectivity index is 2.92. The van der Waals surface area contributed by atoms with Gasteiger partial charge in [0.2, 0.25) is 0 Å². The number of aromatic nitrogens is 1. The molecule has 17 heavy (non-hydrogen) atoms. The molecular formula is C12H17FN2O2. The number of hydrogen-bond acceptors (Lipinski definition) is 3. The number of halogens is 1. The van der Waals surface area contributed by atoms with Gasteiger partial charge in [0.25, 0.3) is 5.91 Å². The zero-order valence-corrected chi connectivity index (χ0v) is 10.4. The fourth-order valence-electron chi connectivity index (χ4n) is 1.06. The lowest BCUT2D eigenvalue weighted by atomic mass is 9.86. The first-order chi connectivity index (χ1) is 7.65. The Morgan fingerprint density at radius 1 is 1.41 bits per heavy atom. The molecule has 0 bridgehead atoms. The number of carbonyl (C=O) groups is 1. The number of rotatable bonds is 3. The van der Waals surface area contributed by atoms with Gasteiger partial charge in [0.15, 0.2) is 5.82 Å². The van der Waals surface area contributed by atoms with E-state index in [1.807, 2.05) is 0 Å². The predicted octanol–water partition coefficient (Wildman–Crippen LogP) is 1.50. The maximum Gasteiger partial charge on any atom is 0.254 e. The van der Waals surface area contributed by atoms with Crippen LogP contribution in [-0.2, 0) is 0 Å². The van der Waals surface area contributed by atoms with E-state index in [2.05, 4.69) is 10.3 Å². The molecular weight excluding hydrogens is 223 g/mol. The predicted molar refractivity (Wildman–Crippen MR) is 62.0 cm³/mol. The fourth-order valence-corrected chi connectivity index (χ4v) is 1.06. The highest BCUT2D eigenvalue weighted by molar-refractivity contribution is 5.94. The summed E-state index contributed by atoms with van der Waals surface area (Å²) in [5, 5.41) is 12.5. The van der Waals surface area contributed by atoms with Gasteiger partial charge in [-0.3, -0.25) is 9.78 Å². The largest absolute Gasteiger partial charge is 0.388 e. The van der Waals surface area contributed by atoms with Crippen molar-refractivity contribution in [3.63, 3.8) is 0 Å². The lowest BCUT2D eigenvalue weighted by molar-refractivity contribution is -0.00301. The summed E-state index contributed by atoms with van der Waals surface area (Å²) in [4.78, 5) is 15.4. The number of amides is 1. The number of pyridine rings is 1. The molecule has 4 nitrogen and oxygen atoms in total. The van der Waals surface area contributed by atoms with Crippen molar-refractivity contribution in [2.45, 2.75) is 38.8 Å². The standard InChI is InChI=1S/C12H17FN2O2/c1-11(2,12(3,4)17)15-10(16)8-5-6-14-7-9(8)13/h5-7,17H,1-4H3,(H,15,16). The summed E-state index contributed by atoms with van der Waals surface area (Å²) < 4.78 is 13.3. The Kier molecular flexibility index (Phi) is 3.52. The fraction of sp³-hybridized carbons (Fsp3) is 0.500. The van der Waals surface area contributed by atoms with Crippen LogP contribution in [0.1, 0.15) is 38.1 Å². The van der Waals surface area contributed by atoms with Gasteiger partial charge in [-0.1, -0.05) is 0 Å². The van der Waals surface area contributed by atoms with Crippen molar-refractivity contribution < 1.29 is 14.3 Å². The Hall–Kier alpha value is -1.49. The first kappa shape index (κ1) is 13.6. The Morgan fingerprint density at radius 2 is 2.00 bits per heavy atom. The third-order valence-electron chi connectivity index (χ3n) is 2.97. The maximum atomic E-state index is 13.3. The highest BCUT2D eigenvalue weighted by atomic mass is 19.1. The molecule has 0 saturated heterocycles. The normalized spacial score (nSPS) is 12.4. The molecule has 0 aliphatic heterocycles.